The number of carbonyl (C=O) groups is 1. The zero-order chi connectivity index (χ0) is 17.0. The van der Waals surface area contributed by atoms with Gasteiger partial charge < -0.3 is 4.74 Å². The van der Waals surface area contributed by atoms with Crippen molar-refractivity contribution in [1.82, 2.24) is 9.80 Å². The minimum absolute atomic E-state index is 0.174. The van der Waals surface area contributed by atoms with Crippen LogP contribution in [0, 0.1) is 12.7 Å². The number of halogens is 1. The molecule has 0 aromatic heterocycles. The lowest BCUT2D eigenvalue weighted by Gasteiger charge is -2.34. The van der Waals surface area contributed by atoms with Gasteiger partial charge in [-0.2, -0.15) is 0 Å². The molecule has 0 bridgehead atoms. The third kappa shape index (κ3) is 6.28. The number of benzene rings is 1. The van der Waals surface area contributed by atoms with Crippen molar-refractivity contribution in [1.29, 1.82) is 0 Å². The van der Waals surface area contributed by atoms with E-state index in [1.54, 1.807) is 12.1 Å². The lowest BCUT2D eigenvalue weighted by molar-refractivity contribution is -0.156. The monoisotopic (exact) mass is 322 g/mol. The predicted octanol–water partition coefficient (Wildman–Crippen LogP) is 2.59. The second-order valence-corrected chi connectivity index (χ2v) is 7.28. The van der Waals surface area contributed by atoms with Crippen LogP contribution < -0.4 is 0 Å². The number of hydrogen-bond donors (Lipinski definition) is 0. The Morgan fingerprint density at radius 2 is 1.74 bits per heavy atom. The number of ether oxygens (including phenoxy) is 1. The Kier molecular flexibility index (Phi) is 5.76. The maximum atomic E-state index is 13.4. The number of hydrogen-bond acceptors (Lipinski definition) is 4. The molecule has 2 rings (SSSR count). The maximum absolute atomic E-state index is 13.4. The Morgan fingerprint density at radius 3 is 2.30 bits per heavy atom. The van der Waals surface area contributed by atoms with Crippen LogP contribution in [-0.2, 0) is 16.1 Å². The van der Waals surface area contributed by atoms with Crippen LogP contribution in [0.15, 0.2) is 18.2 Å². The van der Waals surface area contributed by atoms with E-state index in [1.165, 1.54) is 0 Å². The van der Waals surface area contributed by atoms with Gasteiger partial charge in [-0.05, 0) is 51.0 Å². The molecule has 128 valence electrons. The minimum atomic E-state index is -0.436. The minimum Gasteiger partial charge on any atom is -0.459 e. The van der Waals surface area contributed by atoms with E-state index < -0.39 is 5.60 Å². The largest absolute Gasteiger partial charge is 0.459 e. The fourth-order valence-corrected chi connectivity index (χ4v) is 2.82. The molecule has 23 heavy (non-hydrogen) atoms. The molecule has 5 heteroatoms. The Bertz CT molecular complexity index is 526. The van der Waals surface area contributed by atoms with Gasteiger partial charge >= 0.3 is 5.97 Å². The van der Waals surface area contributed by atoms with Gasteiger partial charge in [-0.3, -0.25) is 14.6 Å². The van der Waals surface area contributed by atoms with Crippen molar-refractivity contribution >= 4 is 5.97 Å². The number of carbonyl (C=O) groups excluding carboxylic acids is 1. The molecule has 1 aromatic carbocycles. The van der Waals surface area contributed by atoms with Gasteiger partial charge in [0, 0.05) is 32.7 Å². The summed E-state index contributed by atoms with van der Waals surface area (Å²) < 4.78 is 18.8. The van der Waals surface area contributed by atoms with Gasteiger partial charge in [0.25, 0.3) is 0 Å². The first-order valence-corrected chi connectivity index (χ1v) is 8.14. The molecule has 0 saturated carbocycles. The second-order valence-electron chi connectivity index (χ2n) is 7.28. The summed E-state index contributed by atoms with van der Waals surface area (Å²) in [6, 6.07) is 5.17. The lowest BCUT2D eigenvalue weighted by atomic mass is 10.1. The summed E-state index contributed by atoms with van der Waals surface area (Å²) in [6.07, 6.45) is 0. The number of esters is 1. The van der Waals surface area contributed by atoms with E-state index in [0.29, 0.717) is 6.54 Å². The Morgan fingerprint density at radius 1 is 1.13 bits per heavy atom. The van der Waals surface area contributed by atoms with Crippen molar-refractivity contribution in [2.45, 2.75) is 39.8 Å². The number of piperazine rings is 1. The van der Waals surface area contributed by atoms with Crippen molar-refractivity contribution < 1.29 is 13.9 Å². The summed E-state index contributed by atoms with van der Waals surface area (Å²) in [5, 5.41) is 0. The fourth-order valence-electron chi connectivity index (χ4n) is 2.82. The van der Waals surface area contributed by atoms with Crippen LogP contribution in [0.1, 0.15) is 31.9 Å². The second kappa shape index (κ2) is 7.41. The Hall–Kier alpha value is -1.46. The maximum Gasteiger partial charge on any atom is 0.320 e. The highest BCUT2D eigenvalue weighted by molar-refractivity contribution is 5.72. The van der Waals surface area contributed by atoms with Crippen LogP contribution in [-0.4, -0.2) is 54.1 Å². The standard InChI is InChI=1S/C18H27FN2O2/c1-14-9-15(11-16(19)10-14)12-20-5-7-21(8-6-20)13-17(22)23-18(2,3)4/h9-11H,5-8,12-13H2,1-4H3. The normalized spacial score (nSPS) is 17.3. The van der Waals surface area contributed by atoms with Crippen molar-refractivity contribution in [3.8, 4) is 0 Å². The molecule has 1 aliphatic heterocycles. The molecule has 1 saturated heterocycles. The van der Waals surface area contributed by atoms with Gasteiger partial charge in [0.15, 0.2) is 0 Å². The fraction of sp³-hybridized carbons (Fsp3) is 0.611. The highest BCUT2D eigenvalue weighted by Crippen LogP contribution is 2.13. The van der Waals surface area contributed by atoms with Crippen LogP contribution >= 0.6 is 0 Å². The zero-order valence-corrected chi connectivity index (χ0v) is 14.6. The molecule has 0 unspecified atom stereocenters. The van der Waals surface area contributed by atoms with Crippen LogP contribution in [0.4, 0.5) is 4.39 Å². The molecule has 0 spiro atoms. The van der Waals surface area contributed by atoms with E-state index in [4.69, 9.17) is 4.74 Å². The Balaban J connectivity index is 1.78. The Labute approximate surface area is 138 Å². The summed E-state index contributed by atoms with van der Waals surface area (Å²) in [5.41, 5.74) is 1.51. The third-order valence-electron chi connectivity index (χ3n) is 3.75. The van der Waals surface area contributed by atoms with Crippen molar-refractivity contribution in [2.75, 3.05) is 32.7 Å². The number of aryl methyl sites for hydroxylation is 1. The topological polar surface area (TPSA) is 32.8 Å². The molecule has 1 heterocycles. The van der Waals surface area contributed by atoms with Gasteiger partial charge in [-0.1, -0.05) is 6.07 Å². The average molecular weight is 322 g/mol. The molecule has 0 aliphatic carbocycles. The smallest absolute Gasteiger partial charge is 0.320 e. The average Bonchev–Trinajstić information content (AvgIpc) is 2.37. The summed E-state index contributed by atoms with van der Waals surface area (Å²) in [7, 11) is 0. The van der Waals surface area contributed by atoms with Gasteiger partial charge in [-0.15, -0.1) is 0 Å². The first kappa shape index (κ1) is 17.9. The number of rotatable bonds is 4. The van der Waals surface area contributed by atoms with Crippen LogP contribution in [0.2, 0.25) is 0 Å². The molecule has 1 aliphatic rings. The highest BCUT2D eigenvalue weighted by Gasteiger charge is 2.22. The van der Waals surface area contributed by atoms with Crippen LogP contribution in [0.3, 0.4) is 0 Å². The lowest BCUT2D eigenvalue weighted by Crippen LogP contribution is -2.48. The molecule has 0 amide bonds. The molecular formula is C18H27FN2O2. The van der Waals surface area contributed by atoms with E-state index in [0.717, 1.165) is 43.9 Å². The molecule has 0 atom stereocenters. The number of nitrogens with zero attached hydrogens (tertiary/aromatic N) is 2. The van der Waals surface area contributed by atoms with Gasteiger partial charge in [0.1, 0.15) is 11.4 Å². The summed E-state index contributed by atoms with van der Waals surface area (Å²) >= 11 is 0. The van der Waals surface area contributed by atoms with Gasteiger partial charge in [-0.25, -0.2) is 4.39 Å². The predicted molar refractivity (Wildman–Crippen MR) is 88.7 cm³/mol. The van der Waals surface area contributed by atoms with Gasteiger partial charge in [0.05, 0.1) is 6.54 Å². The SMILES string of the molecule is Cc1cc(F)cc(CN2CCN(CC(=O)OC(C)(C)C)CC2)c1. The van der Waals surface area contributed by atoms with Gasteiger partial charge in [0.2, 0.25) is 0 Å². The summed E-state index contributed by atoms with van der Waals surface area (Å²) in [6.45, 7) is 12.0. The molecule has 0 radical (unpaired) electrons. The van der Waals surface area contributed by atoms with Crippen molar-refractivity contribution in [3.05, 3.63) is 35.1 Å². The molecule has 1 aromatic rings. The first-order chi connectivity index (χ1) is 10.7. The molecule has 0 N–H and O–H groups in total. The van der Waals surface area contributed by atoms with Crippen LogP contribution in [0.25, 0.3) is 0 Å². The molecule has 4 nitrogen and oxygen atoms in total. The van der Waals surface area contributed by atoms with E-state index in [-0.39, 0.29) is 11.8 Å². The highest BCUT2D eigenvalue weighted by atomic mass is 19.1. The van der Waals surface area contributed by atoms with E-state index in [2.05, 4.69) is 9.80 Å². The summed E-state index contributed by atoms with van der Waals surface area (Å²) in [4.78, 5) is 16.3. The first-order valence-electron chi connectivity index (χ1n) is 8.14. The zero-order valence-electron chi connectivity index (χ0n) is 14.6. The molecule has 1 fully saturated rings. The van der Waals surface area contributed by atoms with Crippen molar-refractivity contribution in [3.63, 3.8) is 0 Å². The van der Waals surface area contributed by atoms with E-state index >= 15 is 0 Å². The molecular weight excluding hydrogens is 295 g/mol. The van der Waals surface area contributed by atoms with Crippen LogP contribution in [0.5, 0.6) is 0 Å². The van der Waals surface area contributed by atoms with E-state index in [1.807, 2.05) is 33.8 Å². The van der Waals surface area contributed by atoms with Crippen molar-refractivity contribution in [2.24, 2.45) is 0 Å². The quantitative estimate of drug-likeness (QED) is 0.798. The third-order valence-corrected chi connectivity index (χ3v) is 3.75. The van der Waals surface area contributed by atoms with E-state index in [9.17, 15) is 9.18 Å². The summed E-state index contributed by atoms with van der Waals surface area (Å²) in [5.74, 6) is -0.352.